The summed E-state index contributed by atoms with van der Waals surface area (Å²) in [7, 11) is 0. The molecule has 0 aliphatic carbocycles. The first-order valence-corrected chi connectivity index (χ1v) is 8.34. The second kappa shape index (κ2) is 8.37. The van der Waals surface area contributed by atoms with E-state index in [1.54, 1.807) is 27.7 Å². The van der Waals surface area contributed by atoms with Gasteiger partial charge in [-0.25, -0.2) is 8.78 Å². The normalized spacial score (nSPS) is 14.0. The maximum atomic E-state index is 13.3. The Hall–Kier alpha value is -2.04. The van der Waals surface area contributed by atoms with Crippen molar-refractivity contribution in [3.8, 4) is 0 Å². The fourth-order valence-electron chi connectivity index (χ4n) is 2.97. The van der Waals surface area contributed by atoms with Gasteiger partial charge in [0.25, 0.3) is 0 Å². The van der Waals surface area contributed by atoms with Crippen molar-refractivity contribution in [2.24, 2.45) is 23.0 Å². The monoisotopic (exact) mass is 351 g/mol. The Morgan fingerprint density at radius 2 is 1.64 bits per heavy atom. The zero-order valence-electron chi connectivity index (χ0n) is 15.4. The molecule has 0 fully saturated rings. The van der Waals surface area contributed by atoms with E-state index in [1.165, 1.54) is 12.1 Å². The van der Waals surface area contributed by atoms with Crippen molar-refractivity contribution in [2.75, 3.05) is 0 Å². The maximum absolute atomic E-state index is 13.3. The van der Waals surface area contributed by atoms with E-state index in [1.807, 2.05) is 0 Å². The molecule has 0 aliphatic heterocycles. The van der Waals surface area contributed by atoms with Gasteiger partial charge in [-0.15, -0.1) is 6.58 Å². The Morgan fingerprint density at radius 1 is 1.12 bits per heavy atom. The molecule has 1 aromatic rings. The average Bonchev–Trinajstić information content (AvgIpc) is 2.42. The van der Waals surface area contributed by atoms with Gasteiger partial charge in [0, 0.05) is 23.3 Å². The number of nitrogens with two attached hydrogens (primary N) is 1. The minimum atomic E-state index is -0.713. The lowest BCUT2D eigenvalue weighted by Crippen LogP contribution is -2.39. The van der Waals surface area contributed by atoms with Crippen LogP contribution in [-0.4, -0.2) is 11.7 Å². The second-order valence-corrected chi connectivity index (χ2v) is 7.71. The lowest BCUT2D eigenvalue weighted by Gasteiger charge is -2.30. The Labute approximate surface area is 148 Å². The van der Waals surface area contributed by atoms with Gasteiger partial charge in [0.1, 0.15) is 17.4 Å². The highest BCUT2D eigenvalue weighted by Crippen LogP contribution is 2.32. The first-order valence-electron chi connectivity index (χ1n) is 8.34. The predicted molar refractivity (Wildman–Crippen MR) is 94.7 cm³/mol. The van der Waals surface area contributed by atoms with Gasteiger partial charge in [-0.1, -0.05) is 26.3 Å². The quantitative estimate of drug-likeness (QED) is 0.714. The average molecular weight is 351 g/mol. The molecule has 0 saturated carbocycles. The minimum Gasteiger partial charge on any atom is -0.369 e. The van der Waals surface area contributed by atoms with Crippen molar-refractivity contribution in [3.05, 3.63) is 47.5 Å². The van der Waals surface area contributed by atoms with Gasteiger partial charge in [0.15, 0.2) is 0 Å². The summed E-state index contributed by atoms with van der Waals surface area (Å²) < 4.78 is 26.7. The smallest absolute Gasteiger partial charge is 0.221 e. The number of carbonyl (C=O) groups is 2. The lowest BCUT2D eigenvalue weighted by atomic mass is 9.73. The summed E-state index contributed by atoms with van der Waals surface area (Å²) in [5, 5.41) is 0. The van der Waals surface area contributed by atoms with Crippen molar-refractivity contribution in [2.45, 2.75) is 47.0 Å². The summed E-state index contributed by atoms with van der Waals surface area (Å²) in [5.41, 5.74) is 6.14. The molecule has 1 aromatic carbocycles. The Bertz CT molecular complexity index is 642. The summed E-state index contributed by atoms with van der Waals surface area (Å²) in [5.74, 6) is -3.29. The standard InChI is InChI=1S/C20H27F2NO2/c1-12(2)8-17(18(24)20(3,4)5)16(19(23)25)7-6-13-9-14(21)11-15(22)10-13/h9-11,16-17H,1,6-8H2,2-5H3,(H2,23,25)/t16-,17+/m0/s1. The van der Waals surface area contributed by atoms with Gasteiger partial charge < -0.3 is 5.73 Å². The van der Waals surface area contributed by atoms with Crippen molar-refractivity contribution in [1.29, 1.82) is 0 Å². The Morgan fingerprint density at radius 3 is 2.04 bits per heavy atom. The number of allylic oxidation sites excluding steroid dienone is 1. The number of halogens is 2. The number of rotatable bonds is 8. The Kier molecular flexibility index (Phi) is 7.03. The number of ketones is 1. The first kappa shape index (κ1) is 21.0. The van der Waals surface area contributed by atoms with Gasteiger partial charge in [-0.3, -0.25) is 9.59 Å². The number of Topliss-reactive ketones (excluding diaryl/α,β-unsaturated/α-hetero) is 1. The van der Waals surface area contributed by atoms with Crippen molar-refractivity contribution in [1.82, 2.24) is 0 Å². The minimum absolute atomic E-state index is 0.0651. The van der Waals surface area contributed by atoms with E-state index in [-0.39, 0.29) is 18.6 Å². The van der Waals surface area contributed by atoms with Crippen LogP contribution in [0.5, 0.6) is 0 Å². The SMILES string of the molecule is C=C(C)C[C@@H](C(=O)C(C)(C)C)[C@H](CCc1cc(F)cc(F)c1)C(N)=O. The molecule has 0 aromatic heterocycles. The number of primary amides is 1. The molecule has 138 valence electrons. The highest BCUT2D eigenvalue weighted by molar-refractivity contribution is 5.91. The molecule has 2 N–H and O–H groups in total. The van der Waals surface area contributed by atoms with E-state index >= 15 is 0 Å². The topological polar surface area (TPSA) is 60.2 Å². The van der Waals surface area contributed by atoms with Crippen LogP contribution in [0.3, 0.4) is 0 Å². The largest absolute Gasteiger partial charge is 0.369 e. The van der Waals surface area contributed by atoms with Crippen LogP contribution in [0.2, 0.25) is 0 Å². The van der Waals surface area contributed by atoms with Crippen LogP contribution in [0.4, 0.5) is 8.78 Å². The van der Waals surface area contributed by atoms with E-state index in [2.05, 4.69) is 6.58 Å². The fraction of sp³-hybridized carbons (Fsp3) is 0.500. The molecule has 25 heavy (non-hydrogen) atoms. The molecule has 1 amide bonds. The molecule has 5 heteroatoms. The van der Waals surface area contributed by atoms with Crippen molar-refractivity contribution in [3.63, 3.8) is 0 Å². The number of hydrogen-bond donors (Lipinski definition) is 1. The molecule has 0 heterocycles. The molecule has 0 bridgehead atoms. The van der Waals surface area contributed by atoms with Crippen molar-refractivity contribution < 1.29 is 18.4 Å². The van der Waals surface area contributed by atoms with Crippen LogP contribution in [-0.2, 0) is 16.0 Å². The summed E-state index contributed by atoms with van der Waals surface area (Å²) in [6.45, 7) is 11.0. The highest BCUT2D eigenvalue weighted by Gasteiger charge is 2.37. The van der Waals surface area contributed by atoms with E-state index in [4.69, 9.17) is 5.73 Å². The molecule has 0 aliphatic rings. The van der Waals surface area contributed by atoms with Crippen LogP contribution in [0, 0.1) is 28.9 Å². The van der Waals surface area contributed by atoms with Crippen LogP contribution in [0.1, 0.15) is 46.1 Å². The highest BCUT2D eigenvalue weighted by atomic mass is 19.1. The van der Waals surface area contributed by atoms with Gasteiger partial charge >= 0.3 is 0 Å². The molecule has 1 rings (SSSR count). The Balaban J connectivity index is 3.06. The summed E-state index contributed by atoms with van der Waals surface area (Å²) >= 11 is 0. The molecule has 2 atom stereocenters. The van der Waals surface area contributed by atoms with Gasteiger partial charge in [0.2, 0.25) is 5.91 Å². The number of carbonyl (C=O) groups excluding carboxylic acids is 2. The van der Waals surface area contributed by atoms with Crippen LogP contribution in [0.15, 0.2) is 30.4 Å². The maximum Gasteiger partial charge on any atom is 0.221 e. The summed E-state index contributed by atoms with van der Waals surface area (Å²) in [4.78, 5) is 24.8. The predicted octanol–water partition coefficient (Wildman–Crippen LogP) is 4.20. The van der Waals surface area contributed by atoms with Crippen molar-refractivity contribution >= 4 is 11.7 Å². The molecular weight excluding hydrogens is 324 g/mol. The van der Waals surface area contributed by atoms with Gasteiger partial charge in [0.05, 0.1) is 0 Å². The number of hydrogen-bond acceptors (Lipinski definition) is 2. The molecular formula is C20H27F2NO2. The molecule has 0 spiro atoms. The van der Waals surface area contributed by atoms with E-state index < -0.39 is 34.8 Å². The number of aryl methyl sites for hydroxylation is 1. The molecule has 3 nitrogen and oxygen atoms in total. The second-order valence-electron chi connectivity index (χ2n) is 7.71. The third kappa shape index (κ3) is 6.40. The molecule has 0 unspecified atom stereocenters. The van der Waals surface area contributed by atoms with E-state index in [0.29, 0.717) is 12.0 Å². The summed E-state index contributed by atoms with van der Waals surface area (Å²) in [6.07, 6.45) is 0.867. The van der Waals surface area contributed by atoms with Crippen LogP contribution >= 0.6 is 0 Å². The molecule has 0 saturated heterocycles. The lowest BCUT2D eigenvalue weighted by molar-refractivity contribution is -0.137. The third-order valence-corrected chi connectivity index (χ3v) is 4.16. The number of benzene rings is 1. The first-order chi connectivity index (χ1) is 11.4. The van der Waals surface area contributed by atoms with Crippen LogP contribution in [0.25, 0.3) is 0 Å². The zero-order chi connectivity index (χ0) is 19.4. The molecule has 0 radical (unpaired) electrons. The number of amides is 1. The van der Waals surface area contributed by atoms with E-state index in [0.717, 1.165) is 11.6 Å². The van der Waals surface area contributed by atoms with Gasteiger partial charge in [-0.05, 0) is 43.9 Å². The van der Waals surface area contributed by atoms with E-state index in [9.17, 15) is 18.4 Å². The summed E-state index contributed by atoms with van der Waals surface area (Å²) in [6, 6.07) is 3.24. The zero-order valence-corrected chi connectivity index (χ0v) is 15.4. The van der Waals surface area contributed by atoms with Gasteiger partial charge in [-0.2, -0.15) is 0 Å². The fourth-order valence-corrected chi connectivity index (χ4v) is 2.97. The third-order valence-electron chi connectivity index (χ3n) is 4.16. The van der Waals surface area contributed by atoms with Crippen LogP contribution < -0.4 is 5.73 Å².